The molecule has 8 nitrogen and oxygen atoms in total. The van der Waals surface area contributed by atoms with Gasteiger partial charge in [0.1, 0.15) is 20.7 Å². The molecule has 0 bridgehead atoms. The molecular weight excluding hydrogens is 420 g/mol. The van der Waals surface area contributed by atoms with Crippen LogP contribution in [0.2, 0.25) is 0 Å². The molecule has 0 aliphatic heterocycles. The molecule has 0 atom stereocenters. The molecule has 30 heavy (non-hydrogen) atoms. The van der Waals surface area contributed by atoms with E-state index in [1.807, 2.05) is 36.4 Å². The van der Waals surface area contributed by atoms with Crippen molar-refractivity contribution < 1.29 is 8.42 Å². The summed E-state index contributed by atoms with van der Waals surface area (Å²) in [5.74, 6) is 1.28. The molecule has 1 aromatic carbocycles. The fourth-order valence-electron chi connectivity index (χ4n) is 2.80. The van der Waals surface area contributed by atoms with Gasteiger partial charge in [-0.2, -0.15) is 9.36 Å². The number of hydrogen-bond acceptors (Lipinski definition) is 9. The van der Waals surface area contributed by atoms with Crippen LogP contribution in [0, 0.1) is 0 Å². The number of benzene rings is 1. The van der Waals surface area contributed by atoms with Gasteiger partial charge in [-0.15, -0.1) is 0 Å². The second kappa shape index (κ2) is 8.72. The molecule has 0 saturated heterocycles. The number of hydrogen-bond donors (Lipinski definition) is 2. The van der Waals surface area contributed by atoms with Crippen LogP contribution in [0.4, 0.5) is 11.8 Å². The quantitative estimate of drug-likeness (QED) is 0.430. The maximum absolute atomic E-state index is 11.2. The highest BCUT2D eigenvalue weighted by molar-refractivity contribution is 7.90. The van der Waals surface area contributed by atoms with Crippen molar-refractivity contribution in [1.82, 2.24) is 19.3 Å². The Bertz CT molecular complexity index is 1260. The average molecular weight is 441 g/mol. The number of rotatable bonds is 8. The van der Waals surface area contributed by atoms with Gasteiger partial charge < -0.3 is 10.6 Å². The Morgan fingerprint density at radius 3 is 2.77 bits per heavy atom. The van der Waals surface area contributed by atoms with Crippen LogP contribution in [0.25, 0.3) is 21.5 Å². The molecule has 3 heterocycles. The average Bonchev–Trinajstić information content (AvgIpc) is 3.21. The van der Waals surface area contributed by atoms with Crippen molar-refractivity contribution in [2.24, 2.45) is 0 Å². The summed E-state index contributed by atoms with van der Waals surface area (Å²) in [6.07, 6.45) is 4.73. The van der Waals surface area contributed by atoms with Gasteiger partial charge in [-0.1, -0.05) is 12.1 Å². The van der Waals surface area contributed by atoms with Crippen LogP contribution in [0.5, 0.6) is 0 Å². The third kappa shape index (κ3) is 5.28. The lowest BCUT2D eigenvalue weighted by Gasteiger charge is -2.06. The SMILES string of the molecule is CS(=O)(=O)CCNc1ccc(CNc2nsc(-c3ccc4ncccc4c3)n2)cn1. The standard InChI is InChI=1S/C20H20N6O2S2/c1-30(27,28)10-9-22-18-7-4-14(12-23-18)13-24-20-25-19(29-26-20)16-5-6-17-15(11-16)3-2-8-21-17/h2-8,11-12H,9-10,13H2,1H3,(H,22,23)(H,24,26). The van der Waals surface area contributed by atoms with E-state index in [2.05, 4.69) is 36.0 Å². The number of nitrogens with zero attached hydrogens (tertiary/aromatic N) is 4. The lowest BCUT2D eigenvalue weighted by molar-refractivity contribution is 0.602. The summed E-state index contributed by atoms with van der Waals surface area (Å²) in [6, 6.07) is 13.7. The van der Waals surface area contributed by atoms with Gasteiger partial charge in [0.25, 0.3) is 0 Å². The topological polar surface area (TPSA) is 110 Å². The first-order valence-electron chi connectivity index (χ1n) is 9.25. The highest BCUT2D eigenvalue weighted by Crippen LogP contribution is 2.26. The van der Waals surface area contributed by atoms with Crippen LogP contribution in [0.1, 0.15) is 5.56 Å². The second-order valence-electron chi connectivity index (χ2n) is 6.80. The second-order valence-corrected chi connectivity index (χ2v) is 9.81. The predicted octanol–water partition coefficient (Wildman–Crippen LogP) is 3.22. The summed E-state index contributed by atoms with van der Waals surface area (Å²) < 4.78 is 26.7. The Morgan fingerprint density at radius 2 is 1.97 bits per heavy atom. The van der Waals surface area contributed by atoms with E-state index in [1.54, 1.807) is 12.4 Å². The summed E-state index contributed by atoms with van der Waals surface area (Å²) in [4.78, 5) is 13.2. The van der Waals surface area contributed by atoms with Crippen molar-refractivity contribution in [3.63, 3.8) is 0 Å². The third-order valence-corrected chi connectivity index (χ3v) is 6.04. The fraction of sp³-hybridized carbons (Fsp3) is 0.200. The van der Waals surface area contributed by atoms with Crippen LogP contribution in [0.3, 0.4) is 0 Å². The maximum atomic E-state index is 11.2. The van der Waals surface area contributed by atoms with Gasteiger partial charge >= 0.3 is 0 Å². The minimum absolute atomic E-state index is 0.0730. The van der Waals surface area contributed by atoms with Crippen molar-refractivity contribution in [2.45, 2.75) is 6.54 Å². The number of aromatic nitrogens is 4. The van der Waals surface area contributed by atoms with E-state index in [0.717, 1.165) is 27.0 Å². The number of fused-ring (bicyclic) bond motifs is 1. The van der Waals surface area contributed by atoms with Gasteiger partial charge in [-0.05, 0) is 47.4 Å². The lowest BCUT2D eigenvalue weighted by Crippen LogP contribution is -2.14. The molecular formula is C20H20N6O2S2. The van der Waals surface area contributed by atoms with E-state index in [4.69, 9.17) is 0 Å². The number of anilines is 2. The first-order chi connectivity index (χ1) is 14.5. The molecule has 0 spiro atoms. The minimum Gasteiger partial charge on any atom is -0.369 e. The first-order valence-corrected chi connectivity index (χ1v) is 12.1. The summed E-state index contributed by atoms with van der Waals surface area (Å²) in [5.41, 5.74) is 2.93. The highest BCUT2D eigenvalue weighted by atomic mass is 32.2. The van der Waals surface area contributed by atoms with Crippen LogP contribution in [0.15, 0.2) is 54.9 Å². The molecule has 0 saturated carbocycles. The van der Waals surface area contributed by atoms with E-state index >= 15 is 0 Å². The van der Waals surface area contributed by atoms with Gasteiger partial charge in [0.05, 0.1) is 11.3 Å². The van der Waals surface area contributed by atoms with Gasteiger partial charge in [-0.25, -0.2) is 13.4 Å². The minimum atomic E-state index is -2.99. The van der Waals surface area contributed by atoms with Gasteiger partial charge in [0, 0.05) is 42.7 Å². The molecule has 2 N–H and O–H groups in total. The van der Waals surface area contributed by atoms with Crippen LogP contribution in [-0.4, -0.2) is 46.3 Å². The van der Waals surface area contributed by atoms with E-state index in [-0.39, 0.29) is 5.75 Å². The van der Waals surface area contributed by atoms with Crippen molar-refractivity contribution in [1.29, 1.82) is 0 Å². The van der Waals surface area contributed by atoms with Crippen molar-refractivity contribution in [3.05, 3.63) is 60.4 Å². The smallest absolute Gasteiger partial charge is 0.235 e. The third-order valence-electron chi connectivity index (χ3n) is 4.33. The molecule has 0 radical (unpaired) electrons. The largest absolute Gasteiger partial charge is 0.369 e. The first kappa shape index (κ1) is 20.2. The zero-order valence-electron chi connectivity index (χ0n) is 16.2. The van der Waals surface area contributed by atoms with Crippen molar-refractivity contribution in [2.75, 3.05) is 29.2 Å². The molecule has 10 heteroatoms. The summed E-state index contributed by atoms with van der Waals surface area (Å²) in [5, 5.41) is 8.11. The summed E-state index contributed by atoms with van der Waals surface area (Å²) in [6.45, 7) is 0.869. The molecule has 154 valence electrons. The summed E-state index contributed by atoms with van der Waals surface area (Å²) in [7, 11) is -2.99. The number of pyridine rings is 2. The van der Waals surface area contributed by atoms with Crippen molar-refractivity contribution in [3.8, 4) is 10.6 Å². The molecule has 4 aromatic rings. The highest BCUT2D eigenvalue weighted by Gasteiger charge is 2.08. The zero-order chi connectivity index (χ0) is 21.0. The predicted molar refractivity (Wildman–Crippen MR) is 120 cm³/mol. The summed E-state index contributed by atoms with van der Waals surface area (Å²) >= 11 is 1.34. The Morgan fingerprint density at radius 1 is 1.07 bits per heavy atom. The zero-order valence-corrected chi connectivity index (χ0v) is 17.9. The molecule has 0 fully saturated rings. The Balaban J connectivity index is 1.35. The van der Waals surface area contributed by atoms with Gasteiger partial charge in [0.2, 0.25) is 5.95 Å². The fourth-order valence-corrected chi connectivity index (χ4v) is 3.91. The van der Waals surface area contributed by atoms with Crippen molar-refractivity contribution >= 4 is 44.0 Å². The molecule has 3 aromatic heterocycles. The normalized spacial score (nSPS) is 11.5. The number of nitrogens with one attached hydrogen (secondary N) is 2. The van der Waals surface area contributed by atoms with Crippen LogP contribution >= 0.6 is 11.5 Å². The van der Waals surface area contributed by atoms with Gasteiger partial charge in [-0.3, -0.25) is 4.98 Å². The number of sulfone groups is 1. The van der Waals surface area contributed by atoms with Crippen LogP contribution < -0.4 is 10.6 Å². The lowest BCUT2D eigenvalue weighted by atomic mass is 10.1. The molecule has 0 aliphatic carbocycles. The molecule has 0 amide bonds. The van der Waals surface area contributed by atoms with E-state index in [9.17, 15) is 8.42 Å². The van der Waals surface area contributed by atoms with E-state index < -0.39 is 9.84 Å². The van der Waals surface area contributed by atoms with E-state index in [0.29, 0.717) is 24.9 Å². The van der Waals surface area contributed by atoms with Crippen LogP contribution in [-0.2, 0) is 16.4 Å². The Kier molecular flexibility index (Phi) is 5.86. The van der Waals surface area contributed by atoms with Gasteiger partial charge in [0.15, 0.2) is 0 Å². The monoisotopic (exact) mass is 440 g/mol. The molecule has 0 aliphatic rings. The molecule has 0 unspecified atom stereocenters. The Hall–Kier alpha value is -3.11. The van der Waals surface area contributed by atoms with E-state index in [1.165, 1.54) is 17.8 Å². The maximum Gasteiger partial charge on any atom is 0.235 e. The molecule has 4 rings (SSSR count). The Labute approximate surface area is 178 Å².